The lowest BCUT2D eigenvalue weighted by molar-refractivity contribution is 0.0686. The SMILES string of the molecule is O=C(O)c1cc(Oc2ccccc2)ccc1-c1nc2ccccc2nc1-c1ccc(Oc2ccccc2)cc1C(=O)O. The first-order valence-electron chi connectivity index (χ1n) is 12.9. The summed E-state index contributed by atoms with van der Waals surface area (Å²) in [5.74, 6) is -0.644. The molecular formula is C34H22N2O6. The summed E-state index contributed by atoms with van der Waals surface area (Å²) in [7, 11) is 0. The highest BCUT2D eigenvalue weighted by atomic mass is 16.5. The van der Waals surface area contributed by atoms with E-state index < -0.39 is 11.9 Å². The molecule has 0 radical (unpaired) electrons. The summed E-state index contributed by atoms with van der Waals surface area (Å²) < 4.78 is 11.7. The van der Waals surface area contributed by atoms with Gasteiger partial charge in [0.15, 0.2) is 0 Å². The van der Waals surface area contributed by atoms with E-state index in [9.17, 15) is 19.8 Å². The Balaban J connectivity index is 1.52. The van der Waals surface area contributed by atoms with Crippen LogP contribution in [0.4, 0.5) is 0 Å². The molecule has 0 amide bonds. The number of hydrogen-bond acceptors (Lipinski definition) is 6. The third-order valence-electron chi connectivity index (χ3n) is 6.48. The van der Waals surface area contributed by atoms with Crippen molar-refractivity contribution in [2.45, 2.75) is 0 Å². The van der Waals surface area contributed by atoms with E-state index in [1.165, 1.54) is 12.1 Å². The summed E-state index contributed by atoms with van der Waals surface area (Å²) in [5, 5.41) is 20.4. The molecule has 1 aromatic heterocycles. The number of carboxylic acids is 2. The van der Waals surface area contributed by atoms with E-state index >= 15 is 0 Å². The number of rotatable bonds is 8. The number of carbonyl (C=O) groups is 2. The number of ether oxygens (including phenoxy) is 2. The van der Waals surface area contributed by atoms with Crippen molar-refractivity contribution in [3.8, 4) is 45.5 Å². The fourth-order valence-electron chi connectivity index (χ4n) is 4.57. The molecule has 0 saturated carbocycles. The van der Waals surface area contributed by atoms with Crippen molar-refractivity contribution in [2.75, 3.05) is 0 Å². The molecular weight excluding hydrogens is 532 g/mol. The molecule has 8 heteroatoms. The first-order valence-corrected chi connectivity index (χ1v) is 12.9. The predicted octanol–water partition coefficient (Wildman–Crippen LogP) is 7.94. The van der Waals surface area contributed by atoms with E-state index in [1.807, 2.05) is 36.4 Å². The van der Waals surface area contributed by atoms with Crippen LogP contribution in [0.3, 0.4) is 0 Å². The van der Waals surface area contributed by atoms with Gasteiger partial charge >= 0.3 is 11.9 Å². The van der Waals surface area contributed by atoms with E-state index in [4.69, 9.17) is 19.4 Å². The molecule has 0 unspecified atom stereocenters. The zero-order valence-electron chi connectivity index (χ0n) is 22.0. The summed E-state index contributed by atoms with van der Waals surface area (Å²) in [6, 6.07) is 34.4. The number of carboxylic acid groups (broad SMARTS) is 2. The largest absolute Gasteiger partial charge is 0.478 e. The second kappa shape index (κ2) is 11.2. The van der Waals surface area contributed by atoms with Gasteiger partial charge in [-0.05, 0) is 72.8 Å². The van der Waals surface area contributed by atoms with Gasteiger partial charge in [0.05, 0.1) is 33.5 Å². The molecule has 6 rings (SSSR count). The van der Waals surface area contributed by atoms with Gasteiger partial charge in [-0.1, -0.05) is 48.5 Å². The Kier molecular flexibility index (Phi) is 7.01. The van der Waals surface area contributed by atoms with Crippen molar-refractivity contribution in [1.82, 2.24) is 9.97 Å². The molecule has 6 aromatic rings. The lowest BCUT2D eigenvalue weighted by Crippen LogP contribution is -2.06. The standard InChI is InChI=1S/C34H22N2O6/c37-33(38)27-19-23(41-21-9-3-1-4-10-21)15-17-25(27)31-32(36-30-14-8-7-13-29(30)35-31)26-18-16-24(20-28(26)34(39)40)42-22-11-5-2-6-12-22/h1-20H,(H,37,38)(H,39,40). The Morgan fingerprint density at radius 2 is 0.857 bits per heavy atom. The summed E-state index contributed by atoms with van der Waals surface area (Å²) >= 11 is 0. The Labute approximate surface area is 240 Å². The Bertz CT molecular complexity index is 1800. The minimum atomic E-state index is -1.20. The van der Waals surface area contributed by atoms with Crippen LogP contribution in [0.2, 0.25) is 0 Å². The van der Waals surface area contributed by atoms with E-state index in [0.717, 1.165) is 0 Å². The van der Waals surface area contributed by atoms with Crippen molar-refractivity contribution < 1.29 is 29.3 Å². The second-order valence-electron chi connectivity index (χ2n) is 9.26. The molecule has 0 aliphatic rings. The van der Waals surface area contributed by atoms with Gasteiger partial charge < -0.3 is 19.7 Å². The number of aromatic carboxylic acids is 2. The van der Waals surface area contributed by atoms with Gasteiger partial charge in [-0.3, -0.25) is 0 Å². The predicted molar refractivity (Wildman–Crippen MR) is 157 cm³/mol. The highest BCUT2D eigenvalue weighted by molar-refractivity contribution is 6.02. The van der Waals surface area contributed by atoms with Crippen molar-refractivity contribution in [3.63, 3.8) is 0 Å². The van der Waals surface area contributed by atoms with Crippen LogP contribution in [0.5, 0.6) is 23.0 Å². The maximum atomic E-state index is 12.5. The monoisotopic (exact) mass is 554 g/mol. The summed E-state index contributed by atoms with van der Waals surface area (Å²) in [6.45, 7) is 0. The molecule has 1 heterocycles. The van der Waals surface area contributed by atoms with Crippen LogP contribution < -0.4 is 9.47 Å². The van der Waals surface area contributed by atoms with Crippen LogP contribution in [0.1, 0.15) is 20.7 Å². The molecule has 8 nitrogen and oxygen atoms in total. The smallest absolute Gasteiger partial charge is 0.336 e. The molecule has 204 valence electrons. The molecule has 0 bridgehead atoms. The Morgan fingerprint density at radius 1 is 0.476 bits per heavy atom. The molecule has 0 aliphatic heterocycles. The maximum absolute atomic E-state index is 12.5. The van der Waals surface area contributed by atoms with Crippen LogP contribution in [0.15, 0.2) is 121 Å². The van der Waals surface area contributed by atoms with E-state index in [0.29, 0.717) is 34.0 Å². The average molecular weight is 555 g/mol. The van der Waals surface area contributed by atoms with Gasteiger partial charge in [0.25, 0.3) is 0 Å². The number of hydrogen-bond donors (Lipinski definition) is 2. The number of nitrogens with zero attached hydrogens (tertiary/aromatic N) is 2. The molecule has 5 aromatic carbocycles. The highest BCUT2D eigenvalue weighted by Gasteiger charge is 2.24. The van der Waals surface area contributed by atoms with Crippen molar-refractivity contribution >= 4 is 23.0 Å². The zero-order chi connectivity index (χ0) is 29.1. The van der Waals surface area contributed by atoms with Crippen LogP contribution in [-0.4, -0.2) is 32.1 Å². The zero-order valence-corrected chi connectivity index (χ0v) is 22.0. The van der Waals surface area contributed by atoms with Crippen LogP contribution in [0, 0.1) is 0 Å². The van der Waals surface area contributed by atoms with Gasteiger partial charge in [-0.25, -0.2) is 19.6 Å². The fraction of sp³-hybridized carbons (Fsp3) is 0. The summed E-state index contributed by atoms with van der Waals surface area (Å²) in [5.41, 5.74) is 1.86. The lowest BCUT2D eigenvalue weighted by Gasteiger charge is -2.16. The van der Waals surface area contributed by atoms with Crippen molar-refractivity contribution in [2.24, 2.45) is 0 Å². The Hall–Kier alpha value is -6.02. The fourth-order valence-corrected chi connectivity index (χ4v) is 4.57. The molecule has 0 fully saturated rings. The Morgan fingerprint density at radius 3 is 1.24 bits per heavy atom. The summed E-state index contributed by atoms with van der Waals surface area (Å²) in [6.07, 6.45) is 0. The van der Waals surface area contributed by atoms with Crippen LogP contribution in [-0.2, 0) is 0 Å². The normalized spacial score (nSPS) is 10.8. The minimum absolute atomic E-state index is 0.0739. The quantitative estimate of drug-likeness (QED) is 0.195. The van der Waals surface area contributed by atoms with Gasteiger partial charge in [-0.2, -0.15) is 0 Å². The third-order valence-corrected chi connectivity index (χ3v) is 6.48. The third kappa shape index (κ3) is 5.37. The second-order valence-corrected chi connectivity index (χ2v) is 9.26. The molecule has 2 N–H and O–H groups in total. The van der Waals surface area contributed by atoms with E-state index in [1.54, 1.807) is 72.8 Å². The van der Waals surface area contributed by atoms with Crippen LogP contribution >= 0.6 is 0 Å². The van der Waals surface area contributed by atoms with Gasteiger partial charge in [0.2, 0.25) is 0 Å². The number of para-hydroxylation sites is 4. The lowest BCUT2D eigenvalue weighted by atomic mass is 9.96. The number of fused-ring (bicyclic) bond motifs is 1. The van der Waals surface area contributed by atoms with Crippen LogP contribution in [0.25, 0.3) is 33.5 Å². The average Bonchev–Trinajstić information content (AvgIpc) is 3.01. The highest BCUT2D eigenvalue weighted by Crippen LogP contribution is 2.38. The van der Waals surface area contributed by atoms with Crippen molar-refractivity contribution in [3.05, 3.63) is 132 Å². The molecule has 0 saturated heterocycles. The molecule has 0 aliphatic carbocycles. The van der Waals surface area contributed by atoms with E-state index in [2.05, 4.69) is 0 Å². The summed E-state index contributed by atoms with van der Waals surface area (Å²) in [4.78, 5) is 34.5. The molecule has 0 atom stereocenters. The number of aromatic nitrogens is 2. The topological polar surface area (TPSA) is 119 Å². The number of benzene rings is 5. The van der Waals surface area contributed by atoms with Gasteiger partial charge in [0.1, 0.15) is 23.0 Å². The first kappa shape index (κ1) is 26.2. The van der Waals surface area contributed by atoms with Crippen molar-refractivity contribution in [1.29, 1.82) is 0 Å². The van der Waals surface area contributed by atoms with E-state index in [-0.39, 0.29) is 33.6 Å². The molecule has 0 spiro atoms. The first-order chi connectivity index (χ1) is 20.5. The minimum Gasteiger partial charge on any atom is -0.478 e. The van der Waals surface area contributed by atoms with Gasteiger partial charge in [-0.15, -0.1) is 0 Å². The van der Waals surface area contributed by atoms with Gasteiger partial charge in [0, 0.05) is 11.1 Å². The molecule has 42 heavy (non-hydrogen) atoms. The maximum Gasteiger partial charge on any atom is 0.336 e.